The Morgan fingerprint density at radius 3 is 2.53 bits per heavy atom. The van der Waals surface area contributed by atoms with Crippen LogP contribution in [0.15, 0.2) is 36.3 Å². The van der Waals surface area contributed by atoms with E-state index < -0.39 is 0 Å². The van der Waals surface area contributed by atoms with Gasteiger partial charge in [0.2, 0.25) is 0 Å². The summed E-state index contributed by atoms with van der Waals surface area (Å²) in [5, 5.41) is 0. The van der Waals surface area contributed by atoms with Gasteiger partial charge in [0, 0.05) is 11.9 Å². The van der Waals surface area contributed by atoms with E-state index in [1.54, 1.807) is 0 Å². The zero-order valence-corrected chi connectivity index (χ0v) is 10.9. The number of hydrogen-bond acceptors (Lipinski definition) is 1. The first-order valence-electron chi connectivity index (χ1n) is 5.83. The molecule has 2 rings (SSSR count). The Morgan fingerprint density at radius 2 is 2.00 bits per heavy atom. The molecule has 0 N–H and O–H groups in total. The Balaban J connectivity index is 2.42. The topological polar surface area (TPSA) is 17.8 Å². The van der Waals surface area contributed by atoms with Gasteiger partial charge in [-0.15, -0.1) is 0 Å². The Morgan fingerprint density at radius 1 is 1.24 bits per heavy atom. The van der Waals surface area contributed by atoms with Gasteiger partial charge in [0.25, 0.3) is 0 Å². The first kappa shape index (κ1) is 11.6. The van der Waals surface area contributed by atoms with Crippen molar-refractivity contribution in [3.05, 3.63) is 53.1 Å². The van der Waals surface area contributed by atoms with Crippen molar-refractivity contribution in [2.24, 2.45) is 0 Å². The maximum Gasteiger partial charge on any atom is 0.0995 e. The van der Waals surface area contributed by atoms with Crippen LogP contribution in [0.3, 0.4) is 0 Å². The average Bonchev–Trinajstić information content (AvgIpc) is 2.64. The number of rotatable bonds is 2. The molecular weight excluding hydrogens is 208 g/mol. The normalized spacial score (nSPS) is 10.4. The van der Waals surface area contributed by atoms with Crippen LogP contribution in [0.5, 0.6) is 0 Å². The van der Waals surface area contributed by atoms with E-state index in [-0.39, 0.29) is 0 Å². The largest absolute Gasteiger partial charge is 0.306 e. The van der Waals surface area contributed by atoms with Gasteiger partial charge in [-0.2, -0.15) is 0 Å². The lowest BCUT2D eigenvalue weighted by Gasteiger charge is -2.07. The fraction of sp³-hybridized carbons (Fsp3) is 0.267. The Bertz CT molecular complexity index is 558. The van der Waals surface area contributed by atoms with Gasteiger partial charge in [-0.25, -0.2) is 4.98 Å². The molecule has 0 saturated heterocycles. The molecule has 0 fully saturated rings. The molecule has 2 nitrogen and oxygen atoms in total. The predicted octanol–water partition coefficient (Wildman–Crippen LogP) is 3.91. The first-order chi connectivity index (χ1) is 8.06. The average molecular weight is 226 g/mol. The molecule has 17 heavy (non-hydrogen) atoms. The molecule has 0 aliphatic heterocycles. The number of imidazole rings is 1. The van der Waals surface area contributed by atoms with E-state index in [1.807, 2.05) is 19.4 Å². The predicted molar refractivity (Wildman–Crippen MR) is 72.4 cm³/mol. The molecule has 0 unspecified atom stereocenters. The summed E-state index contributed by atoms with van der Waals surface area (Å²) in [6.07, 6.45) is 6.09. The number of aryl methyl sites for hydroxylation is 2. The summed E-state index contributed by atoms with van der Waals surface area (Å²) >= 11 is 0. The number of benzene rings is 1. The quantitative estimate of drug-likeness (QED) is 0.759. The summed E-state index contributed by atoms with van der Waals surface area (Å²) in [4.78, 5) is 4.26. The smallest absolute Gasteiger partial charge is 0.0995 e. The van der Waals surface area contributed by atoms with E-state index in [0.29, 0.717) is 0 Å². The third-order valence-electron chi connectivity index (χ3n) is 2.67. The Labute approximate surface area is 103 Å². The molecule has 0 atom stereocenters. The number of aromatic nitrogens is 2. The molecule has 0 radical (unpaired) electrons. The summed E-state index contributed by atoms with van der Waals surface area (Å²) in [7, 11) is 0. The van der Waals surface area contributed by atoms with Crippen LogP contribution < -0.4 is 0 Å². The van der Waals surface area contributed by atoms with Crippen LogP contribution in [0.25, 0.3) is 11.8 Å². The highest BCUT2D eigenvalue weighted by molar-refractivity contribution is 5.56. The Kier molecular flexibility index (Phi) is 3.14. The highest BCUT2D eigenvalue weighted by Crippen LogP contribution is 2.17. The zero-order chi connectivity index (χ0) is 12.4. The molecular formula is C15H18N2. The van der Waals surface area contributed by atoms with Gasteiger partial charge in [0.1, 0.15) is 0 Å². The van der Waals surface area contributed by atoms with E-state index in [0.717, 1.165) is 5.69 Å². The van der Waals surface area contributed by atoms with E-state index in [2.05, 4.69) is 54.6 Å². The number of hydrogen-bond donors (Lipinski definition) is 0. The van der Waals surface area contributed by atoms with E-state index in [9.17, 15) is 0 Å². The minimum absolute atomic E-state index is 1.04. The highest BCUT2D eigenvalue weighted by Gasteiger charge is 2.02. The van der Waals surface area contributed by atoms with Crippen LogP contribution in [0, 0.1) is 13.8 Å². The summed E-state index contributed by atoms with van der Waals surface area (Å²) < 4.78 is 2.07. The molecule has 0 aliphatic rings. The molecule has 0 aliphatic carbocycles. The standard InChI is InChI=1S/C15H18N2/c1-11(2)7-14-5-6-15(12(3)8-14)17-9-13(4)16-10-17/h5-10H,1-4H3. The minimum Gasteiger partial charge on any atom is -0.306 e. The second-order valence-electron chi connectivity index (χ2n) is 4.69. The van der Waals surface area contributed by atoms with Crippen molar-refractivity contribution in [3.8, 4) is 5.69 Å². The lowest BCUT2D eigenvalue weighted by atomic mass is 10.1. The van der Waals surface area contributed by atoms with Gasteiger partial charge >= 0.3 is 0 Å². The van der Waals surface area contributed by atoms with Crippen molar-refractivity contribution in [1.29, 1.82) is 0 Å². The van der Waals surface area contributed by atoms with Crippen LogP contribution in [-0.4, -0.2) is 9.55 Å². The molecule has 1 heterocycles. The lowest BCUT2D eigenvalue weighted by molar-refractivity contribution is 1.04. The molecule has 88 valence electrons. The second-order valence-corrected chi connectivity index (χ2v) is 4.69. The van der Waals surface area contributed by atoms with Crippen LogP contribution in [0.2, 0.25) is 0 Å². The third kappa shape index (κ3) is 2.64. The molecule has 0 bridgehead atoms. The molecule has 0 spiro atoms. The Hall–Kier alpha value is -1.83. The van der Waals surface area contributed by atoms with Gasteiger partial charge in [0.05, 0.1) is 12.0 Å². The first-order valence-corrected chi connectivity index (χ1v) is 5.83. The SMILES string of the molecule is CC(C)=Cc1ccc(-n2cnc(C)c2)c(C)c1. The molecule has 2 aromatic rings. The second kappa shape index (κ2) is 4.58. The van der Waals surface area contributed by atoms with Crippen LogP contribution in [0.1, 0.15) is 30.7 Å². The minimum atomic E-state index is 1.04. The number of nitrogens with zero attached hydrogens (tertiary/aromatic N) is 2. The summed E-state index contributed by atoms with van der Waals surface area (Å²) in [5.74, 6) is 0. The molecule has 0 saturated carbocycles. The zero-order valence-electron chi connectivity index (χ0n) is 10.9. The maximum atomic E-state index is 4.26. The van der Waals surface area contributed by atoms with Crippen molar-refractivity contribution in [3.63, 3.8) is 0 Å². The lowest BCUT2D eigenvalue weighted by Crippen LogP contribution is -1.94. The van der Waals surface area contributed by atoms with Crippen molar-refractivity contribution >= 4 is 6.08 Å². The molecule has 1 aromatic carbocycles. The van der Waals surface area contributed by atoms with E-state index >= 15 is 0 Å². The van der Waals surface area contributed by atoms with Gasteiger partial charge in [-0.1, -0.05) is 17.7 Å². The fourth-order valence-electron chi connectivity index (χ4n) is 1.94. The van der Waals surface area contributed by atoms with Crippen molar-refractivity contribution in [1.82, 2.24) is 9.55 Å². The van der Waals surface area contributed by atoms with Gasteiger partial charge in [0.15, 0.2) is 0 Å². The molecule has 2 heteroatoms. The van der Waals surface area contributed by atoms with Crippen LogP contribution >= 0.6 is 0 Å². The number of allylic oxidation sites excluding steroid dienone is 1. The summed E-state index contributed by atoms with van der Waals surface area (Å²) in [6, 6.07) is 6.49. The molecule has 1 aromatic heterocycles. The van der Waals surface area contributed by atoms with Crippen molar-refractivity contribution in [2.75, 3.05) is 0 Å². The van der Waals surface area contributed by atoms with Gasteiger partial charge in [-0.05, 0) is 51.0 Å². The van der Waals surface area contributed by atoms with E-state index in [1.165, 1.54) is 22.4 Å². The molecule has 0 amide bonds. The fourth-order valence-corrected chi connectivity index (χ4v) is 1.94. The van der Waals surface area contributed by atoms with Gasteiger partial charge < -0.3 is 4.57 Å². The monoisotopic (exact) mass is 226 g/mol. The van der Waals surface area contributed by atoms with Crippen LogP contribution in [-0.2, 0) is 0 Å². The highest BCUT2D eigenvalue weighted by atomic mass is 15.0. The third-order valence-corrected chi connectivity index (χ3v) is 2.67. The van der Waals surface area contributed by atoms with Crippen molar-refractivity contribution in [2.45, 2.75) is 27.7 Å². The van der Waals surface area contributed by atoms with Crippen LogP contribution in [0.4, 0.5) is 0 Å². The van der Waals surface area contributed by atoms with Crippen molar-refractivity contribution < 1.29 is 0 Å². The maximum absolute atomic E-state index is 4.26. The van der Waals surface area contributed by atoms with Gasteiger partial charge in [-0.3, -0.25) is 0 Å². The summed E-state index contributed by atoms with van der Waals surface area (Å²) in [5.41, 5.74) is 6.06. The summed E-state index contributed by atoms with van der Waals surface area (Å²) in [6.45, 7) is 8.36. The van der Waals surface area contributed by atoms with E-state index in [4.69, 9.17) is 0 Å².